The molecule has 35 heavy (non-hydrogen) atoms. The minimum atomic E-state index is -0.556. The maximum atomic E-state index is 12.5. The predicted octanol–water partition coefficient (Wildman–Crippen LogP) is 5.11. The molecule has 0 fully saturated rings. The van der Waals surface area contributed by atoms with Gasteiger partial charge in [0, 0.05) is 23.4 Å². The van der Waals surface area contributed by atoms with Crippen molar-refractivity contribution in [1.82, 2.24) is 20.3 Å². The molecule has 0 atom stereocenters. The van der Waals surface area contributed by atoms with Crippen LogP contribution in [0, 0.1) is 17.0 Å². The van der Waals surface area contributed by atoms with Gasteiger partial charge in [0.05, 0.1) is 10.6 Å². The van der Waals surface area contributed by atoms with E-state index in [0.29, 0.717) is 11.2 Å². The molecule has 0 unspecified atom stereocenters. The van der Waals surface area contributed by atoms with Gasteiger partial charge in [-0.25, -0.2) is 0 Å². The Kier molecular flexibility index (Phi) is 7.11. The largest absolute Gasteiger partial charge is 0.332 e. The number of carbonyl (C=O) groups is 1. The third kappa shape index (κ3) is 5.67. The van der Waals surface area contributed by atoms with Crippen molar-refractivity contribution in [3.05, 3.63) is 87.5 Å². The topological polar surface area (TPSA) is 115 Å². The van der Waals surface area contributed by atoms with Crippen LogP contribution in [0.2, 0.25) is 0 Å². The van der Waals surface area contributed by atoms with Gasteiger partial charge in [0.1, 0.15) is 11.0 Å². The number of unbranched alkanes of at least 4 members (excludes halogenated alkanes) is 1. The zero-order valence-electron chi connectivity index (χ0n) is 19.3. The lowest BCUT2D eigenvalue weighted by atomic mass is 10.1. The minimum absolute atomic E-state index is 0.0685. The molecule has 0 bridgehead atoms. The standard InChI is InChI=1S/C25H24N6O3S/c1-3-4-6-17-9-11-19(12-10-17)30-28-22-13-16(2)21(15-23(22)29-30)26-25(35)27-24(32)18-7-5-8-20(14-18)31(33)34/h5,7-15H,3-4,6H2,1-2H3,(H2,26,27,32,35). The van der Waals surface area contributed by atoms with E-state index in [1.54, 1.807) is 4.80 Å². The van der Waals surface area contributed by atoms with Crippen molar-refractivity contribution in [1.29, 1.82) is 0 Å². The maximum absolute atomic E-state index is 12.5. The van der Waals surface area contributed by atoms with Crippen LogP contribution in [0.1, 0.15) is 41.3 Å². The number of benzene rings is 3. The van der Waals surface area contributed by atoms with Gasteiger partial charge >= 0.3 is 0 Å². The average Bonchev–Trinajstić information content (AvgIpc) is 3.25. The molecule has 3 aromatic carbocycles. The number of hydrogen-bond acceptors (Lipinski definition) is 6. The molecular formula is C25H24N6O3S. The second-order valence-electron chi connectivity index (χ2n) is 8.13. The lowest BCUT2D eigenvalue weighted by Crippen LogP contribution is -2.34. The van der Waals surface area contributed by atoms with Crippen molar-refractivity contribution in [2.45, 2.75) is 33.1 Å². The average molecular weight is 489 g/mol. The van der Waals surface area contributed by atoms with Crippen LogP contribution in [0.25, 0.3) is 16.7 Å². The van der Waals surface area contributed by atoms with Gasteiger partial charge in [0.25, 0.3) is 11.6 Å². The van der Waals surface area contributed by atoms with E-state index in [2.05, 4.69) is 39.9 Å². The van der Waals surface area contributed by atoms with Gasteiger partial charge < -0.3 is 5.32 Å². The van der Waals surface area contributed by atoms with Crippen LogP contribution in [0.15, 0.2) is 60.7 Å². The second kappa shape index (κ2) is 10.4. The molecule has 4 aromatic rings. The Morgan fingerprint density at radius 3 is 2.49 bits per heavy atom. The number of non-ortho nitro benzene ring substituents is 1. The number of nitrogens with zero attached hydrogens (tertiary/aromatic N) is 4. The summed E-state index contributed by atoms with van der Waals surface area (Å²) in [4.78, 5) is 24.5. The number of aryl methyl sites for hydroxylation is 2. The first-order valence-corrected chi connectivity index (χ1v) is 11.6. The van der Waals surface area contributed by atoms with Crippen molar-refractivity contribution < 1.29 is 9.72 Å². The van der Waals surface area contributed by atoms with Gasteiger partial charge in [0.2, 0.25) is 0 Å². The van der Waals surface area contributed by atoms with E-state index in [-0.39, 0.29) is 16.4 Å². The fourth-order valence-corrected chi connectivity index (χ4v) is 3.79. The van der Waals surface area contributed by atoms with Crippen molar-refractivity contribution in [2.24, 2.45) is 0 Å². The number of rotatable bonds is 7. The number of aromatic nitrogens is 3. The Morgan fingerprint density at radius 1 is 1.09 bits per heavy atom. The number of nitro groups is 1. The number of anilines is 1. The summed E-state index contributed by atoms with van der Waals surface area (Å²) in [6, 6.07) is 17.4. The molecule has 4 rings (SSSR count). The quantitative estimate of drug-likeness (QED) is 0.211. The molecule has 9 nitrogen and oxygen atoms in total. The zero-order chi connectivity index (χ0) is 24.9. The highest BCUT2D eigenvalue weighted by Gasteiger charge is 2.14. The van der Waals surface area contributed by atoms with Gasteiger partial charge in [-0.1, -0.05) is 31.5 Å². The van der Waals surface area contributed by atoms with Crippen LogP contribution < -0.4 is 10.6 Å². The van der Waals surface area contributed by atoms with Crippen LogP contribution >= 0.6 is 12.2 Å². The molecule has 0 radical (unpaired) electrons. The number of nitrogens with one attached hydrogen (secondary N) is 2. The highest BCUT2D eigenvalue weighted by molar-refractivity contribution is 7.80. The minimum Gasteiger partial charge on any atom is -0.332 e. The molecule has 178 valence electrons. The number of nitro benzene ring substituents is 1. The van der Waals surface area contributed by atoms with Gasteiger partial charge in [0.15, 0.2) is 5.11 Å². The number of hydrogen-bond donors (Lipinski definition) is 2. The summed E-state index contributed by atoms with van der Waals surface area (Å²) >= 11 is 5.28. The van der Waals surface area contributed by atoms with Crippen LogP contribution in [0.5, 0.6) is 0 Å². The normalized spacial score (nSPS) is 10.8. The monoisotopic (exact) mass is 488 g/mol. The fourth-order valence-electron chi connectivity index (χ4n) is 3.58. The van der Waals surface area contributed by atoms with Gasteiger partial charge in [-0.3, -0.25) is 20.2 Å². The molecule has 0 saturated heterocycles. The number of thiocarbonyl (C=S) groups is 1. The molecule has 1 aromatic heterocycles. The molecule has 10 heteroatoms. The Balaban J connectivity index is 1.48. The number of amides is 1. The predicted molar refractivity (Wildman–Crippen MR) is 139 cm³/mol. The summed E-state index contributed by atoms with van der Waals surface area (Å²) in [5.74, 6) is -0.543. The summed E-state index contributed by atoms with van der Waals surface area (Å²) in [5.41, 5.74) is 5.06. The maximum Gasteiger partial charge on any atom is 0.270 e. The molecular weight excluding hydrogens is 464 g/mol. The number of fused-ring (bicyclic) bond motifs is 1. The molecule has 0 aliphatic heterocycles. The van der Waals surface area contributed by atoms with Crippen LogP contribution in [-0.2, 0) is 6.42 Å². The van der Waals surface area contributed by atoms with Gasteiger partial charge in [-0.15, -0.1) is 10.2 Å². The first kappa shape index (κ1) is 24.0. The van der Waals surface area contributed by atoms with Crippen molar-refractivity contribution in [3.8, 4) is 5.69 Å². The van der Waals surface area contributed by atoms with E-state index in [9.17, 15) is 14.9 Å². The van der Waals surface area contributed by atoms with Crippen molar-refractivity contribution in [3.63, 3.8) is 0 Å². The molecule has 0 aliphatic carbocycles. The second-order valence-corrected chi connectivity index (χ2v) is 8.54. The molecule has 0 spiro atoms. The van der Waals surface area contributed by atoms with E-state index in [1.807, 2.05) is 31.2 Å². The lowest BCUT2D eigenvalue weighted by molar-refractivity contribution is -0.384. The van der Waals surface area contributed by atoms with E-state index >= 15 is 0 Å². The molecule has 0 saturated carbocycles. The van der Waals surface area contributed by atoms with E-state index in [0.717, 1.165) is 36.0 Å². The van der Waals surface area contributed by atoms with Gasteiger partial charge in [-0.05, 0) is 73.4 Å². The van der Waals surface area contributed by atoms with Crippen molar-refractivity contribution >= 4 is 45.6 Å². The van der Waals surface area contributed by atoms with Gasteiger partial charge in [-0.2, -0.15) is 4.80 Å². The van der Waals surface area contributed by atoms with E-state index < -0.39 is 10.8 Å². The van der Waals surface area contributed by atoms with Crippen LogP contribution in [0.4, 0.5) is 11.4 Å². The van der Waals surface area contributed by atoms with Crippen LogP contribution in [0.3, 0.4) is 0 Å². The Morgan fingerprint density at radius 2 is 1.80 bits per heavy atom. The van der Waals surface area contributed by atoms with Crippen molar-refractivity contribution in [2.75, 3.05) is 5.32 Å². The number of carbonyl (C=O) groups excluding carboxylic acids is 1. The Hall–Kier alpha value is -4.18. The summed E-state index contributed by atoms with van der Waals surface area (Å²) in [7, 11) is 0. The molecule has 1 amide bonds. The molecule has 2 N–H and O–H groups in total. The summed E-state index contributed by atoms with van der Waals surface area (Å²) in [5, 5.41) is 25.8. The van der Waals surface area contributed by atoms with E-state index in [1.165, 1.54) is 29.8 Å². The van der Waals surface area contributed by atoms with E-state index in [4.69, 9.17) is 12.2 Å². The van der Waals surface area contributed by atoms with Crippen LogP contribution in [-0.4, -0.2) is 30.9 Å². The highest BCUT2D eigenvalue weighted by Crippen LogP contribution is 2.22. The summed E-state index contributed by atoms with van der Waals surface area (Å²) < 4.78 is 0. The zero-order valence-corrected chi connectivity index (χ0v) is 20.1. The third-order valence-electron chi connectivity index (χ3n) is 5.51. The Bertz CT molecular complexity index is 1410. The first-order chi connectivity index (χ1) is 16.8. The first-order valence-electron chi connectivity index (χ1n) is 11.2. The molecule has 1 heterocycles. The SMILES string of the molecule is CCCCc1ccc(-n2nc3cc(C)c(NC(=S)NC(=O)c4cccc([N+](=O)[O-])c4)cc3n2)cc1. The fraction of sp³-hybridized carbons (Fsp3) is 0.200. The smallest absolute Gasteiger partial charge is 0.270 e. The highest BCUT2D eigenvalue weighted by atomic mass is 32.1. The summed E-state index contributed by atoms with van der Waals surface area (Å²) in [6.45, 7) is 4.07. The lowest BCUT2D eigenvalue weighted by Gasteiger charge is -2.11. The molecule has 0 aliphatic rings. The third-order valence-corrected chi connectivity index (χ3v) is 5.71. The summed E-state index contributed by atoms with van der Waals surface area (Å²) in [6.07, 6.45) is 3.37. The Labute approximate surface area is 207 Å².